The maximum absolute atomic E-state index is 15.0. The summed E-state index contributed by atoms with van der Waals surface area (Å²) in [7, 11) is 0. The molecular formula is C28H25F3. The predicted molar refractivity (Wildman–Crippen MR) is 121 cm³/mol. The molecule has 0 atom stereocenters. The van der Waals surface area contributed by atoms with Crippen LogP contribution in [0.4, 0.5) is 13.2 Å². The van der Waals surface area contributed by atoms with Gasteiger partial charge in [0.05, 0.1) is 0 Å². The Morgan fingerprint density at radius 1 is 0.548 bits per heavy atom. The highest BCUT2D eigenvalue weighted by atomic mass is 19.2. The van der Waals surface area contributed by atoms with Gasteiger partial charge in [-0.2, -0.15) is 0 Å². The number of benzene rings is 4. The van der Waals surface area contributed by atoms with Gasteiger partial charge in [-0.25, -0.2) is 13.2 Å². The average Bonchev–Trinajstić information content (AvgIpc) is 2.80. The third kappa shape index (κ3) is 4.99. The molecule has 0 spiro atoms. The minimum atomic E-state index is -0.870. The monoisotopic (exact) mass is 418 g/mol. The van der Waals surface area contributed by atoms with Crippen LogP contribution in [0.2, 0.25) is 0 Å². The van der Waals surface area contributed by atoms with Gasteiger partial charge < -0.3 is 0 Å². The van der Waals surface area contributed by atoms with Crippen LogP contribution in [-0.4, -0.2) is 0 Å². The summed E-state index contributed by atoms with van der Waals surface area (Å²) in [4.78, 5) is 0. The van der Waals surface area contributed by atoms with Crippen LogP contribution in [0.5, 0.6) is 0 Å². The van der Waals surface area contributed by atoms with Crippen LogP contribution in [-0.2, 0) is 32.1 Å². The van der Waals surface area contributed by atoms with Crippen LogP contribution in [0, 0.1) is 17.5 Å². The van der Waals surface area contributed by atoms with Crippen LogP contribution in [0.15, 0.2) is 72.8 Å². The Bertz CT molecular complexity index is 1190. The van der Waals surface area contributed by atoms with E-state index in [1.165, 1.54) is 22.8 Å². The lowest BCUT2D eigenvalue weighted by molar-refractivity contribution is 0.507. The molecule has 0 fully saturated rings. The second-order valence-corrected chi connectivity index (χ2v) is 8.01. The summed E-state index contributed by atoms with van der Waals surface area (Å²) in [6.45, 7) is 2.15. The molecule has 0 saturated heterocycles. The minimum Gasteiger partial charge on any atom is -0.206 e. The Morgan fingerprint density at radius 3 is 1.90 bits per heavy atom. The van der Waals surface area contributed by atoms with Crippen molar-refractivity contribution in [2.24, 2.45) is 0 Å². The van der Waals surface area contributed by atoms with Gasteiger partial charge in [0.2, 0.25) is 0 Å². The molecule has 4 aromatic carbocycles. The highest BCUT2D eigenvalue weighted by Crippen LogP contribution is 2.24. The summed E-state index contributed by atoms with van der Waals surface area (Å²) in [6.07, 6.45) is 3.78. The maximum atomic E-state index is 15.0. The Morgan fingerprint density at radius 2 is 1.16 bits per heavy atom. The van der Waals surface area contributed by atoms with E-state index in [0.29, 0.717) is 29.4 Å². The van der Waals surface area contributed by atoms with Crippen molar-refractivity contribution >= 4 is 10.8 Å². The molecule has 3 heteroatoms. The zero-order valence-corrected chi connectivity index (χ0v) is 17.6. The molecule has 0 aliphatic carbocycles. The summed E-state index contributed by atoms with van der Waals surface area (Å²) < 4.78 is 41.5. The van der Waals surface area contributed by atoms with Crippen molar-refractivity contribution in [3.63, 3.8) is 0 Å². The molecule has 0 aliphatic heterocycles. The van der Waals surface area contributed by atoms with Gasteiger partial charge in [0.1, 0.15) is 5.82 Å². The van der Waals surface area contributed by atoms with Gasteiger partial charge in [-0.15, -0.1) is 0 Å². The molecule has 0 saturated carbocycles. The highest BCUT2D eigenvalue weighted by molar-refractivity contribution is 5.84. The van der Waals surface area contributed by atoms with Gasteiger partial charge in [0.15, 0.2) is 11.6 Å². The molecule has 0 heterocycles. The lowest BCUT2D eigenvalue weighted by atomic mass is 9.97. The Balaban J connectivity index is 1.45. The summed E-state index contributed by atoms with van der Waals surface area (Å²) >= 11 is 0. The quantitative estimate of drug-likeness (QED) is 0.293. The van der Waals surface area contributed by atoms with E-state index >= 15 is 4.39 Å². The molecule has 0 unspecified atom stereocenters. The van der Waals surface area contributed by atoms with Crippen LogP contribution in [0.3, 0.4) is 0 Å². The smallest absolute Gasteiger partial charge is 0.159 e. The van der Waals surface area contributed by atoms with E-state index in [0.717, 1.165) is 30.7 Å². The van der Waals surface area contributed by atoms with Gasteiger partial charge in [0, 0.05) is 5.39 Å². The topological polar surface area (TPSA) is 0 Å². The second kappa shape index (κ2) is 9.38. The van der Waals surface area contributed by atoms with Crippen molar-refractivity contribution in [3.8, 4) is 0 Å². The van der Waals surface area contributed by atoms with Crippen molar-refractivity contribution in [1.29, 1.82) is 0 Å². The van der Waals surface area contributed by atoms with E-state index in [1.54, 1.807) is 12.1 Å². The summed E-state index contributed by atoms with van der Waals surface area (Å²) in [5.41, 5.74) is 5.06. The Hall–Kier alpha value is -3.07. The second-order valence-electron chi connectivity index (χ2n) is 8.01. The number of hydrogen-bond donors (Lipinski definition) is 0. The van der Waals surface area contributed by atoms with Crippen molar-refractivity contribution in [2.45, 2.75) is 39.0 Å². The van der Waals surface area contributed by atoms with Gasteiger partial charge in [-0.3, -0.25) is 0 Å². The third-order valence-corrected chi connectivity index (χ3v) is 5.90. The molecule has 0 aromatic heterocycles. The van der Waals surface area contributed by atoms with Crippen molar-refractivity contribution < 1.29 is 13.2 Å². The van der Waals surface area contributed by atoms with E-state index in [1.807, 2.05) is 18.2 Å². The summed E-state index contributed by atoms with van der Waals surface area (Å²) in [6, 6.07) is 22.2. The average molecular weight is 419 g/mol. The molecule has 4 aromatic rings. The van der Waals surface area contributed by atoms with Crippen molar-refractivity contribution in [1.82, 2.24) is 0 Å². The molecule has 0 radical (unpaired) electrons. The largest absolute Gasteiger partial charge is 0.206 e. The van der Waals surface area contributed by atoms with E-state index in [2.05, 4.69) is 37.3 Å². The molecule has 4 rings (SSSR count). The Labute approximate surface area is 181 Å². The molecular weight excluding hydrogens is 393 g/mol. The van der Waals surface area contributed by atoms with Gasteiger partial charge >= 0.3 is 0 Å². The maximum Gasteiger partial charge on any atom is 0.159 e. The summed E-state index contributed by atoms with van der Waals surface area (Å²) in [5, 5.41) is 1.48. The van der Waals surface area contributed by atoms with Crippen LogP contribution in [0.25, 0.3) is 10.8 Å². The SMILES string of the molecule is CCc1ccc(CCc2ccc3c(F)c(CCc4ccc(F)c(F)c4)ccc3c2)cc1. The first-order valence-electron chi connectivity index (χ1n) is 10.7. The van der Waals surface area contributed by atoms with E-state index in [4.69, 9.17) is 0 Å². The summed E-state index contributed by atoms with van der Waals surface area (Å²) in [5.74, 6) is -1.97. The lowest BCUT2D eigenvalue weighted by Gasteiger charge is -2.09. The lowest BCUT2D eigenvalue weighted by Crippen LogP contribution is -1.98. The fraction of sp³-hybridized carbons (Fsp3) is 0.214. The molecule has 0 bridgehead atoms. The molecule has 31 heavy (non-hydrogen) atoms. The van der Waals surface area contributed by atoms with Gasteiger partial charge in [0.25, 0.3) is 0 Å². The van der Waals surface area contributed by atoms with Crippen LogP contribution in [0.1, 0.15) is 34.7 Å². The van der Waals surface area contributed by atoms with E-state index in [9.17, 15) is 8.78 Å². The first-order chi connectivity index (χ1) is 15.0. The minimum absolute atomic E-state index is 0.234. The fourth-order valence-corrected chi connectivity index (χ4v) is 3.94. The van der Waals surface area contributed by atoms with E-state index in [-0.39, 0.29) is 5.82 Å². The Kier molecular flexibility index (Phi) is 6.41. The number of rotatable bonds is 7. The van der Waals surface area contributed by atoms with E-state index < -0.39 is 11.6 Å². The first kappa shape index (κ1) is 21.2. The molecule has 0 aliphatic rings. The highest BCUT2D eigenvalue weighted by Gasteiger charge is 2.10. The molecule has 158 valence electrons. The predicted octanol–water partition coefficient (Wildman–Crippen LogP) is 7.39. The number of fused-ring (bicyclic) bond motifs is 1. The number of halogens is 3. The third-order valence-electron chi connectivity index (χ3n) is 5.90. The zero-order valence-electron chi connectivity index (χ0n) is 17.6. The zero-order chi connectivity index (χ0) is 21.8. The van der Waals surface area contributed by atoms with Gasteiger partial charge in [-0.1, -0.05) is 67.6 Å². The molecule has 0 amide bonds. The molecule has 0 N–H and O–H groups in total. The number of aryl methyl sites for hydroxylation is 5. The standard InChI is InChI=1S/C28H25F3/c1-2-19-3-5-20(6-4-19)7-8-21-10-15-25-24(17-21)14-13-23(28(25)31)12-9-22-11-16-26(29)27(30)18-22/h3-6,10-11,13-18H,2,7-9,12H2,1H3. The first-order valence-corrected chi connectivity index (χ1v) is 10.7. The van der Waals surface area contributed by atoms with Crippen molar-refractivity contribution in [3.05, 3.63) is 118 Å². The van der Waals surface area contributed by atoms with Crippen molar-refractivity contribution in [2.75, 3.05) is 0 Å². The van der Waals surface area contributed by atoms with Gasteiger partial charge in [-0.05, 0) is 77.4 Å². The van der Waals surface area contributed by atoms with Crippen LogP contribution < -0.4 is 0 Å². The fourth-order valence-electron chi connectivity index (χ4n) is 3.94. The molecule has 0 nitrogen and oxygen atoms in total. The number of hydrogen-bond acceptors (Lipinski definition) is 0. The van der Waals surface area contributed by atoms with Crippen LogP contribution >= 0.6 is 0 Å². The normalized spacial score (nSPS) is 11.2.